The van der Waals surface area contributed by atoms with E-state index in [9.17, 15) is 4.79 Å². The van der Waals surface area contributed by atoms with Crippen LogP contribution in [0, 0.1) is 0 Å². The highest BCUT2D eigenvalue weighted by Gasteiger charge is 1.98. The van der Waals surface area contributed by atoms with Crippen LogP contribution in [-0.2, 0) is 9.53 Å². The van der Waals surface area contributed by atoms with Gasteiger partial charge in [-0.2, -0.15) is 0 Å². The van der Waals surface area contributed by atoms with E-state index in [1.165, 1.54) is 0 Å². The molecule has 0 spiro atoms. The fourth-order valence-electron chi connectivity index (χ4n) is 0.972. The molecule has 0 amide bonds. The number of Topliss-reactive ketones (excluding diaryl/α,β-unsaturated/α-hetero) is 1. The predicted octanol–water partition coefficient (Wildman–Crippen LogP) is 2.17. The average molecular weight is 158 g/mol. The number of methoxy groups -OCH3 is 1. The highest BCUT2D eigenvalue weighted by Crippen LogP contribution is 2.00. The monoisotopic (exact) mass is 158 g/mol. The fraction of sp³-hybridized carbons (Fsp3) is 0.889. The number of ketones is 1. The number of hydrogen-bond acceptors (Lipinski definition) is 2. The summed E-state index contributed by atoms with van der Waals surface area (Å²) in [5.74, 6) is 0.392. The summed E-state index contributed by atoms with van der Waals surface area (Å²) < 4.78 is 4.87. The van der Waals surface area contributed by atoms with Gasteiger partial charge in [0.25, 0.3) is 0 Å². The van der Waals surface area contributed by atoms with E-state index in [-0.39, 0.29) is 0 Å². The second kappa shape index (κ2) is 7.73. The van der Waals surface area contributed by atoms with Crippen molar-refractivity contribution in [3.05, 3.63) is 0 Å². The molecule has 0 rings (SSSR count). The normalized spacial score (nSPS) is 10.0. The van der Waals surface area contributed by atoms with Gasteiger partial charge < -0.3 is 4.74 Å². The molecule has 0 fully saturated rings. The Labute approximate surface area is 68.9 Å². The van der Waals surface area contributed by atoms with Crippen LogP contribution in [-0.4, -0.2) is 19.5 Å². The minimum atomic E-state index is 0.392. The van der Waals surface area contributed by atoms with Crippen molar-refractivity contribution in [1.82, 2.24) is 0 Å². The number of unbranched alkanes of at least 4 members (excludes halogenated alkanes) is 1. The Bertz CT molecular complexity index is 99.7. The summed E-state index contributed by atoms with van der Waals surface area (Å²) in [4.78, 5) is 11.0. The van der Waals surface area contributed by atoms with Crippen LogP contribution in [0.5, 0.6) is 0 Å². The van der Waals surface area contributed by atoms with Gasteiger partial charge in [-0.15, -0.1) is 0 Å². The van der Waals surface area contributed by atoms with Gasteiger partial charge in [0.05, 0.1) is 0 Å². The molecule has 11 heavy (non-hydrogen) atoms. The first-order chi connectivity index (χ1) is 5.31. The van der Waals surface area contributed by atoms with Crippen LogP contribution in [0.25, 0.3) is 0 Å². The Morgan fingerprint density at radius 3 is 2.55 bits per heavy atom. The first kappa shape index (κ1) is 10.6. The Hall–Kier alpha value is -0.370. The summed E-state index contributed by atoms with van der Waals surface area (Å²) in [6.45, 7) is 2.81. The molecule has 0 radical (unpaired) electrons. The van der Waals surface area contributed by atoms with Crippen LogP contribution in [0.15, 0.2) is 0 Å². The SMILES string of the molecule is CCCC(=O)CCCCOC. The maximum Gasteiger partial charge on any atom is 0.132 e. The number of carbonyl (C=O) groups is 1. The van der Waals surface area contributed by atoms with Crippen molar-refractivity contribution < 1.29 is 9.53 Å². The van der Waals surface area contributed by atoms with E-state index in [1.807, 2.05) is 6.92 Å². The van der Waals surface area contributed by atoms with Crippen LogP contribution in [0.1, 0.15) is 39.0 Å². The molecule has 0 bridgehead atoms. The lowest BCUT2D eigenvalue weighted by Gasteiger charge is -1.98. The molecule has 0 saturated carbocycles. The third-order valence-corrected chi connectivity index (χ3v) is 1.58. The molecule has 0 heterocycles. The van der Waals surface area contributed by atoms with Gasteiger partial charge in [0.15, 0.2) is 0 Å². The van der Waals surface area contributed by atoms with E-state index >= 15 is 0 Å². The molecule has 0 N–H and O–H groups in total. The molecular weight excluding hydrogens is 140 g/mol. The van der Waals surface area contributed by atoms with Crippen molar-refractivity contribution in [1.29, 1.82) is 0 Å². The quantitative estimate of drug-likeness (QED) is 0.531. The standard InChI is InChI=1S/C9H18O2/c1-3-6-9(10)7-4-5-8-11-2/h3-8H2,1-2H3. The van der Waals surface area contributed by atoms with Gasteiger partial charge in [-0.1, -0.05) is 6.92 Å². The molecule has 0 aromatic heterocycles. The van der Waals surface area contributed by atoms with Crippen LogP contribution >= 0.6 is 0 Å². The number of hydrogen-bond donors (Lipinski definition) is 0. The number of ether oxygens (including phenoxy) is 1. The van der Waals surface area contributed by atoms with Crippen molar-refractivity contribution in [2.45, 2.75) is 39.0 Å². The first-order valence-corrected chi connectivity index (χ1v) is 4.32. The van der Waals surface area contributed by atoms with Crippen LogP contribution in [0.4, 0.5) is 0 Å². The lowest BCUT2D eigenvalue weighted by Crippen LogP contribution is -1.97. The zero-order chi connectivity index (χ0) is 8.53. The smallest absolute Gasteiger partial charge is 0.132 e. The molecular formula is C9H18O2. The minimum absolute atomic E-state index is 0.392. The van der Waals surface area contributed by atoms with E-state index in [2.05, 4.69) is 0 Å². The Kier molecular flexibility index (Phi) is 7.47. The second-order valence-electron chi connectivity index (χ2n) is 2.74. The molecule has 0 saturated heterocycles. The second-order valence-corrected chi connectivity index (χ2v) is 2.74. The molecule has 0 atom stereocenters. The average Bonchev–Trinajstić information content (AvgIpc) is 1.99. The maximum atomic E-state index is 11.0. The van der Waals surface area contributed by atoms with E-state index in [0.717, 1.165) is 38.7 Å². The lowest BCUT2D eigenvalue weighted by molar-refractivity contribution is -0.119. The summed E-state index contributed by atoms with van der Waals surface area (Å²) in [5.41, 5.74) is 0. The first-order valence-electron chi connectivity index (χ1n) is 4.32. The summed E-state index contributed by atoms with van der Waals surface area (Å²) in [7, 11) is 1.69. The molecule has 66 valence electrons. The van der Waals surface area contributed by atoms with Crippen molar-refractivity contribution in [3.63, 3.8) is 0 Å². The maximum absolute atomic E-state index is 11.0. The molecule has 0 aliphatic heterocycles. The van der Waals surface area contributed by atoms with E-state index in [4.69, 9.17) is 4.74 Å². The lowest BCUT2D eigenvalue weighted by atomic mass is 10.1. The molecule has 0 aromatic rings. The molecule has 0 unspecified atom stereocenters. The Balaban J connectivity index is 3.04. The molecule has 0 aromatic carbocycles. The van der Waals surface area contributed by atoms with Crippen LogP contribution in [0.3, 0.4) is 0 Å². The van der Waals surface area contributed by atoms with Crippen molar-refractivity contribution in [2.24, 2.45) is 0 Å². The topological polar surface area (TPSA) is 26.3 Å². The van der Waals surface area contributed by atoms with Gasteiger partial charge >= 0.3 is 0 Å². The van der Waals surface area contributed by atoms with Gasteiger partial charge in [0.2, 0.25) is 0 Å². The van der Waals surface area contributed by atoms with Gasteiger partial charge in [-0.3, -0.25) is 4.79 Å². The Morgan fingerprint density at radius 2 is 2.00 bits per heavy atom. The predicted molar refractivity (Wildman–Crippen MR) is 45.6 cm³/mol. The zero-order valence-corrected chi connectivity index (χ0v) is 7.56. The van der Waals surface area contributed by atoms with E-state index < -0.39 is 0 Å². The highest BCUT2D eigenvalue weighted by molar-refractivity contribution is 5.78. The van der Waals surface area contributed by atoms with Crippen LogP contribution in [0.2, 0.25) is 0 Å². The van der Waals surface area contributed by atoms with Crippen molar-refractivity contribution in [2.75, 3.05) is 13.7 Å². The fourth-order valence-corrected chi connectivity index (χ4v) is 0.972. The highest BCUT2D eigenvalue weighted by atomic mass is 16.5. The zero-order valence-electron chi connectivity index (χ0n) is 7.56. The summed E-state index contributed by atoms with van der Waals surface area (Å²) in [6, 6.07) is 0. The van der Waals surface area contributed by atoms with Crippen molar-refractivity contribution in [3.8, 4) is 0 Å². The van der Waals surface area contributed by atoms with Gasteiger partial charge in [-0.25, -0.2) is 0 Å². The molecule has 2 heteroatoms. The largest absolute Gasteiger partial charge is 0.385 e. The van der Waals surface area contributed by atoms with Gasteiger partial charge in [-0.05, 0) is 19.3 Å². The minimum Gasteiger partial charge on any atom is -0.385 e. The third-order valence-electron chi connectivity index (χ3n) is 1.58. The summed E-state index contributed by atoms with van der Waals surface area (Å²) in [5, 5.41) is 0. The summed E-state index contributed by atoms with van der Waals surface area (Å²) >= 11 is 0. The summed E-state index contributed by atoms with van der Waals surface area (Å²) in [6.07, 6.45) is 4.44. The van der Waals surface area contributed by atoms with Gasteiger partial charge in [0, 0.05) is 26.6 Å². The van der Waals surface area contributed by atoms with Crippen molar-refractivity contribution >= 4 is 5.78 Å². The molecule has 0 aliphatic rings. The number of rotatable bonds is 7. The molecule has 2 nitrogen and oxygen atoms in total. The Morgan fingerprint density at radius 1 is 1.27 bits per heavy atom. The van der Waals surface area contributed by atoms with E-state index in [0.29, 0.717) is 5.78 Å². The number of carbonyl (C=O) groups excluding carboxylic acids is 1. The van der Waals surface area contributed by atoms with Crippen LogP contribution < -0.4 is 0 Å². The third kappa shape index (κ3) is 7.53. The van der Waals surface area contributed by atoms with E-state index in [1.54, 1.807) is 7.11 Å². The van der Waals surface area contributed by atoms with Gasteiger partial charge in [0.1, 0.15) is 5.78 Å². The molecule has 0 aliphatic carbocycles.